The summed E-state index contributed by atoms with van der Waals surface area (Å²) in [5.41, 5.74) is 8.27. The predicted molar refractivity (Wildman–Crippen MR) is 137 cm³/mol. The molecule has 0 fully saturated rings. The molecule has 0 saturated carbocycles. The molecule has 0 aromatic heterocycles. The number of fused-ring (bicyclic) bond motifs is 1. The molecule has 0 spiro atoms. The topological polar surface area (TPSA) is 113 Å². The lowest BCUT2D eigenvalue weighted by Crippen LogP contribution is -2.21. The first-order valence-electron chi connectivity index (χ1n) is 12.0. The van der Waals surface area contributed by atoms with Crippen molar-refractivity contribution in [2.24, 2.45) is 5.73 Å². The number of hydrogen-bond acceptors (Lipinski definition) is 8. The Morgan fingerprint density at radius 2 is 1.86 bits per heavy atom. The lowest BCUT2D eigenvalue weighted by molar-refractivity contribution is 0.0734. The van der Waals surface area contributed by atoms with Gasteiger partial charge in [-0.15, -0.1) is 0 Å². The van der Waals surface area contributed by atoms with Crippen molar-refractivity contribution in [1.29, 1.82) is 5.26 Å². The Labute approximate surface area is 215 Å². The van der Waals surface area contributed by atoms with Crippen LogP contribution < -0.4 is 29.4 Å². The Bertz CT molecular complexity index is 1380. The molecule has 0 saturated heterocycles. The Morgan fingerprint density at radius 1 is 1.03 bits per heavy atom. The van der Waals surface area contributed by atoms with Crippen LogP contribution in [0, 0.1) is 11.3 Å². The van der Waals surface area contributed by atoms with E-state index in [0.717, 1.165) is 12.0 Å². The fourth-order valence-electron chi connectivity index (χ4n) is 4.06. The SMILES string of the molecule is CCCOc1ccc(C2C(C#N)=C(N)Oc3cc(OC(=O)c4cccc(OC)c4)ccc32)cc1OCC. The van der Waals surface area contributed by atoms with Crippen molar-refractivity contribution in [1.82, 2.24) is 0 Å². The fourth-order valence-corrected chi connectivity index (χ4v) is 4.06. The smallest absolute Gasteiger partial charge is 0.343 e. The summed E-state index contributed by atoms with van der Waals surface area (Å²) in [6.07, 6.45) is 0.864. The lowest BCUT2D eigenvalue weighted by atomic mass is 9.83. The van der Waals surface area contributed by atoms with Crippen LogP contribution in [-0.4, -0.2) is 26.3 Å². The minimum absolute atomic E-state index is 0.0134. The Morgan fingerprint density at radius 3 is 2.59 bits per heavy atom. The third kappa shape index (κ3) is 5.46. The van der Waals surface area contributed by atoms with Crippen molar-refractivity contribution in [2.75, 3.05) is 20.3 Å². The number of benzene rings is 3. The number of esters is 1. The van der Waals surface area contributed by atoms with E-state index >= 15 is 0 Å². The van der Waals surface area contributed by atoms with Gasteiger partial charge in [0, 0.05) is 11.6 Å². The summed E-state index contributed by atoms with van der Waals surface area (Å²) in [6.45, 7) is 4.95. The first-order valence-corrected chi connectivity index (χ1v) is 12.0. The summed E-state index contributed by atoms with van der Waals surface area (Å²) >= 11 is 0. The molecule has 0 amide bonds. The number of nitriles is 1. The molecule has 8 nitrogen and oxygen atoms in total. The summed E-state index contributed by atoms with van der Waals surface area (Å²) < 4.78 is 28.2. The molecule has 1 aliphatic heterocycles. The van der Waals surface area contributed by atoms with Gasteiger partial charge in [-0.2, -0.15) is 5.26 Å². The van der Waals surface area contributed by atoms with Crippen LogP contribution in [0.15, 0.2) is 72.1 Å². The maximum absolute atomic E-state index is 12.7. The zero-order valence-electron chi connectivity index (χ0n) is 20.9. The highest BCUT2D eigenvalue weighted by Gasteiger charge is 2.32. The highest BCUT2D eigenvalue weighted by atomic mass is 16.5. The van der Waals surface area contributed by atoms with Crippen LogP contribution in [0.4, 0.5) is 0 Å². The van der Waals surface area contributed by atoms with Crippen LogP contribution in [0.1, 0.15) is 47.7 Å². The van der Waals surface area contributed by atoms with Gasteiger partial charge in [0.15, 0.2) is 11.5 Å². The molecule has 1 heterocycles. The van der Waals surface area contributed by atoms with E-state index in [2.05, 4.69) is 6.07 Å². The number of allylic oxidation sites excluding steroid dienone is 1. The molecule has 2 N–H and O–H groups in total. The zero-order valence-corrected chi connectivity index (χ0v) is 20.9. The number of carbonyl (C=O) groups is 1. The third-order valence-corrected chi connectivity index (χ3v) is 5.77. The molecule has 8 heteroatoms. The highest BCUT2D eigenvalue weighted by Crippen LogP contribution is 2.45. The van der Waals surface area contributed by atoms with Crippen LogP contribution in [-0.2, 0) is 0 Å². The van der Waals surface area contributed by atoms with Gasteiger partial charge in [0.1, 0.15) is 28.9 Å². The van der Waals surface area contributed by atoms with Gasteiger partial charge >= 0.3 is 5.97 Å². The van der Waals surface area contributed by atoms with Crippen molar-refractivity contribution < 1.29 is 28.5 Å². The molecule has 4 rings (SSSR count). The average Bonchev–Trinajstić information content (AvgIpc) is 2.91. The van der Waals surface area contributed by atoms with E-state index in [-0.39, 0.29) is 17.2 Å². The Balaban J connectivity index is 1.68. The van der Waals surface area contributed by atoms with E-state index in [1.807, 2.05) is 32.0 Å². The van der Waals surface area contributed by atoms with Gasteiger partial charge in [0.2, 0.25) is 5.88 Å². The van der Waals surface area contributed by atoms with Crippen molar-refractivity contribution in [3.8, 4) is 34.8 Å². The number of carbonyl (C=O) groups excluding carboxylic acids is 1. The second kappa shape index (κ2) is 11.4. The van der Waals surface area contributed by atoms with E-state index in [1.54, 1.807) is 42.5 Å². The van der Waals surface area contributed by atoms with Gasteiger partial charge in [-0.3, -0.25) is 0 Å². The molecule has 37 heavy (non-hydrogen) atoms. The van der Waals surface area contributed by atoms with Gasteiger partial charge < -0.3 is 29.4 Å². The molecule has 0 bridgehead atoms. The number of nitrogens with two attached hydrogens (primary N) is 1. The largest absolute Gasteiger partial charge is 0.497 e. The molecular formula is C29H28N2O6. The molecule has 190 valence electrons. The summed E-state index contributed by atoms with van der Waals surface area (Å²) in [5, 5.41) is 9.90. The molecule has 3 aromatic rings. The maximum atomic E-state index is 12.7. The average molecular weight is 501 g/mol. The minimum Gasteiger partial charge on any atom is -0.497 e. The van der Waals surface area contributed by atoms with Gasteiger partial charge in [-0.25, -0.2) is 4.79 Å². The van der Waals surface area contributed by atoms with Crippen molar-refractivity contribution in [2.45, 2.75) is 26.2 Å². The predicted octanol–water partition coefficient (Wildman–Crippen LogP) is 5.32. The quantitative estimate of drug-likeness (QED) is 0.310. The summed E-state index contributed by atoms with van der Waals surface area (Å²) in [7, 11) is 1.53. The molecule has 0 radical (unpaired) electrons. The molecule has 3 aromatic carbocycles. The normalized spacial score (nSPS) is 14.2. The molecule has 1 aliphatic rings. The van der Waals surface area contributed by atoms with Crippen LogP contribution in [0.2, 0.25) is 0 Å². The monoisotopic (exact) mass is 500 g/mol. The minimum atomic E-state index is -0.545. The van der Waals surface area contributed by atoms with E-state index in [0.29, 0.717) is 47.3 Å². The lowest BCUT2D eigenvalue weighted by Gasteiger charge is -2.27. The molecule has 0 aliphatic carbocycles. The second-order valence-electron chi connectivity index (χ2n) is 8.23. The van der Waals surface area contributed by atoms with Crippen molar-refractivity contribution in [3.63, 3.8) is 0 Å². The van der Waals surface area contributed by atoms with E-state index in [4.69, 9.17) is 29.4 Å². The van der Waals surface area contributed by atoms with Crippen LogP contribution in [0.3, 0.4) is 0 Å². The summed E-state index contributed by atoms with van der Waals surface area (Å²) in [5.74, 6) is 1.37. The Hall–Kier alpha value is -4.64. The van der Waals surface area contributed by atoms with Crippen molar-refractivity contribution in [3.05, 3.63) is 88.8 Å². The van der Waals surface area contributed by atoms with E-state index < -0.39 is 11.9 Å². The number of methoxy groups -OCH3 is 1. The second-order valence-corrected chi connectivity index (χ2v) is 8.23. The standard InChI is InChI=1S/C29H28N2O6/c1-4-13-35-24-12-9-18(15-26(24)34-5-2)27-22-11-10-21(16-25(22)37-28(31)23(27)17-30)36-29(32)19-7-6-8-20(14-19)33-3/h6-12,14-16,27H,4-5,13,31H2,1-3H3. The van der Waals surface area contributed by atoms with E-state index in [9.17, 15) is 10.1 Å². The number of hydrogen-bond donors (Lipinski definition) is 1. The first kappa shape index (κ1) is 25.5. The van der Waals surface area contributed by atoms with Crippen molar-refractivity contribution >= 4 is 5.97 Å². The summed E-state index contributed by atoms with van der Waals surface area (Å²) in [6, 6.07) is 19.4. The number of ether oxygens (including phenoxy) is 5. The number of rotatable bonds is 9. The molecular weight excluding hydrogens is 472 g/mol. The zero-order chi connectivity index (χ0) is 26.4. The number of nitrogens with zero attached hydrogens (tertiary/aromatic N) is 1. The molecule has 1 unspecified atom stereocenters. The van der Waals surface area contributed by atoms with E-state index in [1.165, 1.54) is 7.11 Å². The van der Waals surface area contributed by atoms with Crippen LogP contribution in [0.5, 0.6) is 28.7 Å². The van der Waals surface area contributed by atoms with Crippen LogP contribution >= 0.6 is 0 Å². The maximum Gasteiger partial charge on any atom is 0.343 e. The Kier molecular flexibility index (Phi) is 7.84. The van der Waals surface area contributed by atoms with Gasteiger partial charge in [-0.05, 0) is 55.3 Å². The van der Waals surface area contributed by atoms with Crippen LogP contribution in [0.25, 0.3) is 0 Å². The van der Waals surface area contributed by atoms with Gasteiger partial charge in [-0.1, -0.05) is 25.1 Å². The van der Waals surface area contributed by atoms with Gasteiger partial charge in [0.05, 0.1) is 31.8 Å². The highest BCUT2D eigenvalue weighted by molar-refractivity contribution is 5.91. The van der Waals surface area contributed by atoms with Gasteiger partial charge in [0.25, 0.3) is 0 Å². The third-order valence-electron chi connectivity index (χ3n) is 5.77. The first-order chi connectivity index (χ1) is 18.0. The summed E-state index contributed by atoms with van der Waals surface area (Å²) in [4.78, 5) is 12.7. The fraction of sp³-hybridized carbons (Fsp3) is 0.241. The molecule has 1 atom stereocenters.